The van der Waals surface area contributed by atoms with Crippen LogP contribution in [-0.2, 0) is 0 Å². The molecule has 0 spiro atoms. The maximum Gasteiger partial charge on any atom is 0.0419 e. The fourth-order valence-corrected chi connectivity index (χ4v) is 2.20. The van der Waals surface area contributed by atoms with Crippen LogP contribution in [0.1, 0.15) is 22.7 Å². The molecule has 2 aromatic carbocycles. The lowest BCUT2D eigenvalue weighted by Crippen LogP contribution is -2.20. The molecule has 0 aliphatic heterocycles. The molecule has 0 saturated carbocycles. The summed E-state index contributed by atoms with van der Waals surface area (Å²) in [6, 6.07) is 14.9. The van der Waals surface area contributed by atoms with Crippen LogP contribution in [0.4, 0.5) is 0 Å². The summed E-state index contributed by atoms with van der Waals surface area (Å²) in [5.41, 5.74) is 17.6. The summed E-state index contributed by atoms with van der Waals surface area (Å²) in [7, 11) is 0. The number of hydrogen-bond acceptors (Lipinski definition) is 2. The molecule has 0 bridgehead atoms. The van der Waals surface area contributed by atoms with Gasteiger partial charge in [-0.2, -0.15) is 0 Å². The Kier molecular flexibility index (Phi) is 3.80. The van der Waals surface area contributed by atoms with Gasteiger partial charge in [-0.1, -0.05) is 53.6 Å². The molecule has 0 fully saturated rings. The largest absolute Gasteiger partial charge is 0.329 e. The van der Waals surface area contributed by atoms with E-state index in [1.165, 1.54) is 22.3 Å². The van der Waals surface area contributed by atoms with Crippen LogP contribution in [0.25, 0.3) is 11.1 Å². The number of nitrogens with two attached hydrogens (primary N) is 2. The van der Waals surface area contributed by atoms with E-state index >= 15 is 0 Å². The van der Waals surface area contributed by atoms with E-state index in [0.717, 1.165) is 5.56 Å². The fourth-order valence-electron chi connectivity index (χ4n) is 2.20. The second-order valence-corrected chi connectivity index (χ2v) is 4.84. The first-order valence-electron chi connectivity index (χ1n) is 6.24. The van der Waals surface area contributed by atoms with Crippen molar-refractivity contribution in [3.63, 3.8) is 0 Å². The normalized spacial score (nSPS) is 12.4. The zero-order chi connectivity index (χ0) is 13.1. The number of hydrogen-bond donors (Lipinski definition) is 2. The average Bonchev–Trinajstić information content (AvgIpc) is 2.37. The zero-order valence-electron chi connectivity index (χ0n) is 11.0. The summed E-state index contributed by atoms with van der Waals surface area (Å²) >= 11 is 0. The standard InChI is InChI=1S/C16H20N2/c1-11-7-12(2)9-15(8-11)13-3-5-14(6-4-13)16(18)10-17/h3-9,16H,10,17-18H2,1-2H3. The summed E-state index contributed by atoms with van der Waals surface area (Å²) in [5.74, 6) is 0. The molecule has 0 aliphatic carbocycles. The van der Waals surface area contributed by atoms with Gasteiger partial charge in [0.2, 0.25) is 0 Å². The van der Waals surface area contributed by atoms with E-state index in [-0.39, 0.29) is 6.04 Å². The zero-order valence-corrected chi connectivity index (χ0v) is 11.0. The highest BCUT2D eigenvalue weighted by Gasteiger charge is 2.04. The Bertz CT molecular complexity index is 509. The Morgan fingerprint density at radius 1 is 0.889 bits per heavy atom. The van der Waals surface area contributed by atoms with Crippen LogP contribution in [0.3, 0.4) is 0 Å². The molecule has 0 heterocycles. The van der Waals surface area contributed by atoms with Crippen molar-refractivity contribution in [1.29, 1.82) is 0 Å². The van der Waals surface area contributed by atoms with Crippen LogP contribution in [0.15, 0.2) is 42.5 Å². The van der Waals surface area contributed by atoms with Gasteiger partial charge in [0.25, 0.3) is 0 Å². The molecule has 18 heavy (non-hydrogen) atoms. The van der Waals surface area contributed by atoms with Gasteiger partial charge in [0.1, 0.15) is 0 Å². The Morgan fingerprint density at radius 3 is 1.94 bits per heavy atom. The van der Waals surface area contributed by atoms with Gasteiger partial charge in [-0.05, 0) is 30.5 Å². The second kappa shape index (κ2) is 5.34. The first-order chi connectivity index (χ1) is 8.60. The third-order valence-corrected chi connectivity index (χ3v) is 3.15. The van der Waals surface area contributed by atoms with Crippen molar-refractivity contribution >= 4 is 0 Å². The lowest BCUT2D eigenvalue weighted by atomic mass is 9.98. The first kappa shape index (κ1) is 12.8. The SMILES string of the molecule is Cc1cc(C)cc(-c2ccc(C(N)CN)cc2)c1. The molecule has 0 aliphatic rings. The van der Waals surface area contributed by atoms with Gasteiger partial charge < -0.3 is 11.5 Å². The van der Waals surface area contributed by atoms with Gasteiger partial charge in [-0.15, -0.1) is 0 Å². The summed E-state index contributed by atoms with van der Waals surface area (Å²) in [4.78, 5) is 0. The van der Waals surface area contributed by atoms with Crippen LogP contribution in [0.2, 0.25) is 0 Å². The molecule has 2 aromatic rings. The molecule has 0 aromatic heterocycles. The Balaban J connectivity index is 2.34. The quantitative estimate of drug-likeness (QED) is 0.866. The fraction of sp³-hybridized carbons (Fsp3) is 0.250. The number of benzene rings is 2. The van der Waals surface area contributed by atoms with Crippen LogP contribution >= 0.6 is 0 Å². The number of rotatable bonds is 3. The van der Waals surface area contributed by atoms with Crippen molar-refractivity contribution in [2.45, 2.75) is 19.9 Å². The monoisotopic (exact) mass is 240 g/mol. The summed E-state index contributed by atoms with van der Waals surface area (Å²) in [5, 5.41) is 0. The minimum absolute atomic E-state index is 0.0710. The molecular weight excluding hydrogens is 220 g/mol. The van der Waals surface area contributed by atoms with Crippen molar-refractivity contribution in [2.24, 2.45) is 11.5 Å². The lowest BCUT2D eigenvalue weighted by Gasteiger charge is -2.10. The molecule has 0 saturated heterocycles. The lowest BCUT2D eigenvalue weighted by molar-refractivity contribution is 0.737. The van der Waals surface area contributed by atoms with Crippen molar-refractivity contribution in [3.8, 4) is 11.1 Å². The molecule has 2 nitrogen and oxygen atoms in total. The molecule has 1 unspecified atom stereocenters. The van der Waals surface area contributed by atoms with E-state index in [0.29, 0.717) is 6.54 Å². The van der Waals surface area contributed by atoms with Crippen LogP contribution in [-0.4, -0.2) is 6.54 Å². The summed E-state index contributed by atoms with van der Waals surface area (Å²) < 4.78 is 0. The molecule has 4 N–H and O–H groups in total. The maximum absolute atomic E-state index is 5.91. The molecule has 2 rings (SSSR count). The van der Waals surface area contributed by atoms with Gasteiger partial charge >= 0.3 is 0 Å². The molecule has 1 atom stereocenters. The summed E-state index contributed by atoms with van der Waals surface area (Å²) in [6.07, 6.45) is 0. The third kappa shape index (κ3) is 2.78. The minimum atomic E-state index is -0.0710. The predicted octanol–water partition coefficient (Wildman–Crippen LogP) is 2.93. The van der Waals surface area contributed by atoms with E-state index in [4.69, 9.17) is 11.5 Å². The smallest absolute Gasteiger partial charge is 0.0419 e. The predicted molar refractivity (Wildman–Crippen MR) is 77.3 cm³/mol. The second-order valence-electron chi connectivity index (χ2n) is 4.84. The highest BCUT2D eigenvalue weighted by molar-refractivity contribution is 5.65. The molecule has 0 radical (unpaired) electrons. The van der Waals surface area contributed by atoms with Gasteiger partial charge in [-0.3, -0.25) is 0 Å². The molecule has 94 valence electrons. The van der Waals surface area contributed by atoms with E-state index in [1.54, 1.807) is 0 Å². The highest BCUT2D eigenvalue weighted by Crippen LogP contribution is 2.23. The Labute approximate surface area is 109 Å². The van der Waals surface area contributed by atoms with Crippen molar-refractivity contribution in [3.05, 3.63) is 59.2 Å². The Morgan fingerprint density at radius 2 is 1.44 bits per heavy atom. The van der Waals surface area contributed by atoms with E-state index < -0.39 is 0 Å². The first-order valence-corrected chi connectivity index (χ1v) is 6.24. The van der Waals surface area contributed by atoms with Crippen LogP contribution < -0.4 is 11.5 Å². The molecular formula is C16H20N2. The van der Waals surface area contributed by atoms with Gasteiger partial charge in [-0.25, -0.2) is 0 Å². The number of aryl methyl sites for hydroxylation is 2. The van der Waals surface area contributed by atoms with Crippen LogP contribution in [0.5, 0.6) is 0 Å². The maximum atomic E-state index is 5.91. The van der Waals surface area contributed by atoms with Crippen molar-refractivity contribution < 1.29 is 0 Å². The van der Waals surface area contributed by atoms with Gasteiger partial charge in [0, 0.05) is 12.6 Å². The highest BCUT2D eigenvalue weighted by atomic mass is 14.7. The third-order valence-electron chi connectivity index (χ3n) is 3.15. The summed E-state index contributed by atoms with van der Waals surface area (Å²) in [6.45, 7) is 4.72. The van der Waals surface area contributed by atoms with E-state index in [9.17, 15) is 0 Å². The van der Waals surface area contributed by atoms with Crippen molar-refractivity contribution in [2.75, 3.05) is 6.54 Å². The van der Waals surface area contributed by atoms with Crippen molar-refractivity contribution in [1.82, 2.24) is 0 Å². The topological polar surface area (TPSA) is 52.0 Å². The van der Waals surface area contributed by atoms with Crippen LogP contribution in [0, 0.1) is 13.8 Å². The van der Waals surface area contributed by atoms with Gasteiger partial charge in [0.05, 0.1) is 0 Å². The Hall–Kier alpha value is -1.64. The van der Waals surface area contributed by atoms with Gasteiger partial charge in [0.15, 0.2) is 0 Å². The van der Waals surface area contributed by atoms with E-state index in [1.807, 2.05) is 0 Å². The van der Waals surface area contributed by atoms with E-state index in [2.05, 4.69) is 56.3 Å². The molecule has 0 amide bonds. The minimum Gasteiger partial charge on any atom is -0.329 e. The molecule has 2 heteroatoms. The average molecular weight is 240 g/mol.